The Kier molecular flexibility index (Phi) is 6.42. The predicted molar refractivity (Wildman–Crippen MR) is 129 cm³/mol. The Morgan fingerprint density at radius 1 is 1.19 bits per heavy atom. The van der Waals surface area contributed by atoms with Gasteiger partial charge in [-0.05, 0) is 61.9 Å². The van der Waals surface area contributed by atoms with Crippen molar-refractivity contribution in [2.45, 2.75) is 19.4 Å². The quantitative estimate of drug-likeness (QED) is 0.578. The Hall–Kier alpha value is -3.38. The molecule has 0 aliphatic carbocycles. The summed E-state index contributed by atoms with van der Waals surface area (Å²) in [6.07, 6.45) is 4.29. The van der Waals surface area contributed by atoms with Crippen molar-refractivity contribution in [3.63, 3.8) is 0 Å². The zero-order valence-electron chi connectivity index (χ0n) is 19.1. The number of likely N-dealkylation sites (N-methyl/N-ethyl adjacent to an activating group) is 1. The number of carbonyl (C=O) groups is 1. The first kappa shape index (κ1) is 21.8. The van der Waals surface area contributed by atoms with Gasteiger partial charge in [0.25, 0.3) is 0 Å². The van der Waals surface area contributed by atoms with E-state index in [-0.39, 0.29) is 12.0 Å². The molecule has 0 saturated carbocycles. The van der Waals surface area contributed by atoms with E-state index in [2.05, 4.69) is 83.6 Å². The number of carbonyl (C=O) groups excluding carboxylic acids is 1. The molecule has 3 aromatic rings. The van der Waals surface area contributed by atoms with E-state index in [0.717, 1.165) is 13.0 Å². The van der Waals surface area contributed by atoms with E-state index in [4.69, 9.17) is 4.74 Å². The topological polar surface area (TPSA) is 57.7 Å². The van der Waals surface area contributed by atoms with Gasteiger partial charge in [-0.2, -0.15) is 0 Å². The number of rotatable bonds is 6. The number of aromatic nitrogens is 1. The van der Waals surface area contributed by atoms with Gasteiger partial charge in [-0.25, -0.2) is 4.79 Å². The summed E-state index contributed by atoms with van der Waals surface area (Å²) in [6, 6.07) is 17.2. The Balaban J connectivity index is 1.55. The van der Waals surface area contributed by atoms with Crippen molar-refractivity contribution in [1.29, 1.82) is 0 Å². The third-order valence-corrected chi connectivity index (χ3v) is 6.27. The van der Waals surface area contributed by atoms with Gasteiger partial charge in [-0.1, -0.05) is 23.8 Å². The lowest BCUT2D eigenvalue weighted by Gasteiger charge is -2.36. The highest BCUT2D eigenvalue weighted by atomic mass is 16.5. The van der Waals surface area contributed by atoms with Crippen LogP contribution in [-0.2, 0) is 11.2 Å². The number of hydrogen-bond donors (Lipinski definition) is 1. The van der Waals surface area contributed by atoms with Crippen molar-refractivity contribution in [3.8, 4) is 0 Å². The molecule has 2 heterocycles. The maximum Gasteiger partial charge on any atom is 0.340 e. The normalized spacial score (nSPS) is 15.7. The molecule has 4 rings (SSSR count). The summed E-state index contributed by atoms with van der Waals surface area (Å²) in [4.78, 5) is 20.8. The fourth-order valence-electron chi connectivity index (χ4n) is 4.25. The van der Waals surface area contributed by atoms with Gasteiger partial charge in [0.05, 0.1) is 30.6 Å². The third kappa shape index (κ3) is 4.46. The molecule has 1 unspecified atom stereocenters. The third-order valence-electron chi connectivity index (χ3n) is 6.27. The summed E-state index contributed by atoms with van der Waals surface area (Å²) in [5.41, 5.74) is 7.49. The van der Waals surface area contributed by atoms with Crippen LogP contribution in [0.3, 0.4) is 0 Å². The predicted octanol–water partition coefficient (Wildman–Crippen LogP) is 4.59. The summed E-state index contributed by atoms with van der Waals surface area (Å²) >= 11 is 0. The lowest BCUT2D eigenvalue weighted by Crippen LogP contribution is -2.36. The second-order valence-electron chi connectivity index (χ2n) is 8.32. The summed E-state index contributed by atoms with van der Waals surface area (Å²) in [6.45, 7) is 3.76. The Bertz CT molecular complexity index is 1100. The van der Waals surface area contributed by atoms with E-state index in [9.17, 15) is 4.79 Å². The van der Waals surface area contributed by atoms with E-state index in [1.165, 1.54) is 35.2 Å². The Morgan fingerprint density at radius 3 is 2.69 bits per heavy atom. The van der Waals surface area contributed by atoms with E-state index in [1.807, 2.05) is 0 Å². The molecule has 1 aromatic heterocycles. The number of anilines is 3. The number of hydrogen-bond acceptors (Lipinski definition) is 6. The lowest BCUT2D eigenvalue weighted by atomic mass is 9.92. The number of nitrogens with zero attached hydrogens (tertiary/aromatic N) is 3. The van der Waals surface area contributed by atoms with Crippen molar-refractivity contribution in [2.75, 3.05) is 44.5 Å². The lowest BCUT2D eigenvalue weighted by molar-refractivity contribution is 0.0601. The van der Waals surface area contributed by atoms with E-state index < -0.39 is 0 Å². The minimum atomic E-state index is -0.365. The maximum atomic E-state index is 12.1. The van der Waals surface area contributed by atoms with E-state index in [1.54, 1.807) is 18.5 Å². The smallest absolute Gasteiger partial charge is 0.340 e. The second kappa shape index (κ2) is 9.40. The van der Waals surface area contributed by atoms with Crippen LogP contribution in [0.25, 0.3) is 0 Å². The van der Waals surface area contributed by atoms with Crippen molar-refractivity contribution in [3.05, 3.63) is 83.2 Å². The molecule has 0 radical (unpaired) electrons. The van der Waals surface area contributed by atoms with Gasteiger partial charge in [0.1, 0.15) is 0 Å². The molecule has 0 fully saturated rings. The molecule has 0 spiro atoms. The zero-order valence-corrected chi connectivity index (χ0v) is 19.1. The van der Waals surface area contributed by atoms with Crippen LogP contribution < -0.4 is 10.2 Å². The number of aryl methyl sites for hydroxylation is 1. The number of ether oxygens (including phenoxy) is 1. The molecule has 6 heteroatoms. The van der Waals surface area contributed by atoms with Crippen LogP contribution in [0.2, 0.25) is 0 Å². The molecule has 0 amide bonds. The van der Waals surface area contributed by atoms with E-state index >= 15 is 0 Å². The van der Waals surface area contributed by atoms with Gasteiger partial charge in [0.2, 0.25) is 0 Å². The highest BCUT2D eigenvalue weighted by molar-refractivity contribution is 5.95. The van der Waals surface area contributed by atoms with Crippen molar-refractivity contribution >= 4 is 23.0 Å². The molecule has 6 nitrogen and oxygen atoms in total. The first-order valence-corrected chi connectivity index (χ1v) is 10.9. The average molecular weight is 431 g/mol. The van der Waals surface area contributed by atoms with Crippen LogP contribution in [-0.4, -0.2) is 50.1 Å². The van der Waals surface area contributed by atoms with Crippen LogP contribution in [0.1, 0.15) is 33.1 Å². The van der Waals surface area contributed by atoms with Crippen molar-refractivity contribution < 1.29 is 9.53 Å². The number of benzene rings is 2. The second-order valence-corrected chi connectivity index (χ2v) is 8.32. The summed E-state index contributed by atoms with van der Waals surface area (Å²) in [5.74, 6) is -0.365. The first-order chi connectivity index (χ1) is 15.5. The van der Waals surface area contributed by atoms with Crippen LogP contribution in [0, 0.1) is 6.92 Å². The molecule has 2 aromatic carbocycles. The number of nitrogens with one attached hydrogen (secondary N) is 1. The minimum absolute atomic E-state index is 0.197. The average Bonchev–Trinajstić information content (AvgIpc) is 2.83. The van der Waals surface area contributed by atoms with Gasteiger partial charge >= 0.3 is 5.97 Å². The molecule has 32 heavy (non-hydrogen) atoms. The van der Waals surface area contributed by atoms with Crippen LogP contribution in [0.4, 0.5) is 17.1 Å². The Morgan fingerprint density at radius 2 is 1.94 bits per heavy atom. The highest BCUT2D eigenvalue weighted by Gasteiger charge is 2.26. The van der Waals surface area contributed by atoms with Crippen LogP contribution >= 0.6 is 0 Å². The van der Waals surface area contributed by atoms with Gasteiger partial charge in [-0.3, -0.25) is 9.88 Å². The SMILES string of the molecule is COC(=O)c1ccncc1NCC1c2ccc(N(C)c3ccc(C)cc3)cc2CCN1C. The van der Waals surface area contributed by atoms with Crippen molar-refractivity contribution in [1.82, 2.24) is 9.88 Å². The number of methoxy groups -OCH3 is 1. The summed E-state index contributed by atoms with van der Waals surface area (Å²) in [5, 5.41) is 3.42. The van der Waals surface area contributed by atoms with Crippen molar-refractivity contribution in [2.24, 2.45) is 0 Å². The number of esters is 1. The molecule has 1 N–H and O–H groups in total. The number of fused-ring (bicyclic) bond motifs is 1. The van der Waals surface area contributed by atoms with Gasteiger partial charge in [0.15, 0.2) is 0 Å². The van der Waals surface area contributed by atoms with Crippen LogP contribution in [0.15, 0.2) is 60.9 Å². The molecular formula is C26H30N4O2. The fraction of sp³-hybridized carbons (Fsp3) is 0.308. The fourth-order valence-corrected chi connectivity index (χ4v) is 4.25. The van der Waals surface area contributed by atoms with Gasteiger partial charge in [0, 0.05) is 37.7 Å². The minimum Gasteiger partial charge on any atom is -0.465 e. The first-order valence-electron chi connectivity index (χ1n) is 10.9. The highest BCUT2D eigenvalue weighted by Crippen LogP contribution is 2.33. The molecule has 1 aliphatic heterocycles. The monoisotopic (exact) mass is 430 g/mol. The van der Waals surface area contributed by atoms with Gasteiger partial charge < -0.3 is 15.0 Å². The molecule has 0 bridgehead atoms. The maximum absolute atomic E-state index is 12.1. The molecule has 1 aliphatic rings. The summed E-state index contributed by atoms with van der Waals surface area (Å²) in [7, 11) is 5.64. The largest absolute Gasteiger partial charge is 0.465 e. The van der Waals surface area contributed by atoms with Crippen LogP contribution in [0.5, 0.6) is 0 Å². The molecular weight excluding hydrogens is 400 g/mol. The zero-order chi connectivity index (χ0) is 22.7. The molecule has 0 saturated heterocycles. The van der Waals surface area contributed by atoms with E-state index in [0.29, 0.717) is 17.8 Å². The molecule has 166 valence electrons. The Labute approximate surface area is 189 Å². The van der Waals surface area contributed by atoms with Gasteiger partial charge in [-0.15, -0.1) is 0 Å². The number of pyridine rings is 1. The summed E-state index contributed by atoms with van der Waals surface area (Å²) < 4.78 is 4.90. The molecule has 1 atom stereocenters. The standard InChI is InChI=1S/C26H30N4O2/c1-18-5-7-20(8-6-18)30(3)21-9-10-22-19(15-21)12-14-29(2)25(22)17-28-24-16-27-13-11-23(24)26(31)32-4/h5-11,13,15-16,25,28H,12,14,17H2,1-4H3.